The van der Waals surface area contributed by atoms with E-state index in [1.807, 2.05) is 0 Å². The van der Waals surface area contributed by atoms with Gasteiger partial charge in [0.15, 0.2) is 0 Å². The predicted molar refractivity (Wildman–Crippen MR) is 97.7 cm³/mol. The highest BCUT2D eigenvalue weighted by atomic mass is 16.2. The molecular formula is C22H31NO. The second-order valence-corrected chi connectivity index (χ2v) is 9.05. The summed E-state index contributed by atoms with van der Waals surface area (Å²) in [4.78, 5) is 13.2. The first kappa shape index (κ1) is 16.2. The summed E-state index contributed by atoms with van der Waals surface area (Å²) < 4.78 is 0. The number of nitrogens with one attached hydrogen (secondary N) is 1. The SMILES string of the molecule is CCC[C@@H](C)NC(=O)C12C[C@H]3C[C@@H](C1)CC(c1ccccc1)(C3)C2. The van der Waals surface area contributed by atoms with Crippen LogP contribution in [0.1, 0.15) is 70.8 Å². The Bertz CT molecular complexity index is 594. The number of carbonyl (C=O) groups excluding carboxylic acids is 1. The fraction of sp³-hybridized carbons (Fsp3) is 0.682. The Morgan fingerprint density at radius 2 is 1.83 bits per heavy atom. The lowest BCUT2D eigenvalue weighted by atomic mass is 9.42. The molecule has 4 bridgehead atoms. The van der Waals surface area contributed by atoms with Crippen LogP contribution in [0.25, 0.3) is 0 Å². The molecule has 5 rings (SSSR count). The molecule has 4 saturated carbocycles. The Labute approximate surface area is 146 Å². The molecule has 2 nitrogen and oxygen atoms in total. The molecule has 2 heteroatoms. The molecule has 1 amide bonds. The molecule has 2 unspecified atom stereocenters. The van der Waals surface area contributed by atoms with E-state index in [9.17, 15) is 4.79 Å². The summed E-state index contributed by atoms with van der Waals surface area (Å²) in [5.41, 5.74) is 1.65. The van der Waals surface area contributed by atoms with Crippen LogP contribution in [0.5, 0.6) is 0 Å². The number of rotatable bonds is 5. The van der Waals surface area contributed by atoms with Crippen LogP contribution < -0.4 is 5.32 Å². The first-order valence-corrected chi connectivity index (χ1v) is 9.92. The zero-order chi connectivity index (χ0) is 16.8. The minimum absolute atomic E-state index is 0.0953. The maximum absolute atomic E-state index is 13.2. The largest absolute Gasteiger partial charge is 0.353 e. The van der Waals surface area contributed by atoms with Crippen LogP contribution in [0.4, 0.5) is 0 Å². The summed E-state index contributed by atoms with van der Waals surface area (Å²) in [6.45, 7) is 4.35. The molecule has 0 saturated heterocycles. The van der Waals surface area contributed by atoms with E-state index in [-0.39, 0.29) is 10.8 Å². The van der Waals surface area contributed by atoms with Crippen LogP contribution >= 0.6 is 0 Å². The number of benzene rings is 1. The Morgan fingerprint density at radius 1 is 1.17 bits per heavy atom. The van der Waals surface area contributed by atoms with E-state index in [0.717, 1.165) is 43.9 Å². The molecular weight excluding hydrogens is 294 g/mol. The topological polar surface area (TPSA) is 29.1 Å². The number of amides is 1. The highest BCUT2D eigenvalue weighted by molar-refractivity contribution is 5.83. The van der Waals surface area contributed by atoms with Gasteiger partial charge >= 0.3 is 0 Å². The molecule has 4 aliphatic carbocycles. The normalized spacial score (nSPS) is 38.1. The van der Waals surface area contributed by atoms with Crippen LogP contribution in [0.3, 0.4) is 0 Å². The standard InChI is InChI=1S/C22H31NO/c1-3-7-16(2)23-20(24)22-13-17-10-18(14-22)12-21(11-17,15-22)19-8-5-4-6-9-19/h4-6,8-9,16-18H,3,7,10-15H2,1-2H3,(H,23,24)/t16-,17-,18+,21?,22?/m1/s1. The zero-order valence-corrected chi connectivity index (χ0v) is 15.2. The summed E-state index contributed by atoms with van der Waals surface area (Å²) in [5.74, 6) is 1.86. The molecule has 4 aliphatic rings. The third kappa shape index (κ3) is 2.59. The zero-order valence-electron chi connectivity index (χ0n) is 15.2. The van der Waals surface area contributed by atoms with Crippen LogP contribution in [-0.4, -0.2) is 11.9 Å². The van der Waals surface area contributed by atoms with Gasteiger partial charge in [-0.15, -0.1) is 0 Å². The average Bonchev–Trinajstić information content (AvgIpc) is 2.54. The second-order valence-electron chi connectivity index (χ2n) is 9.05. The highest BCUT2D eigenvalue weighted by Gasteiger charge is 2.60. The third-order valence-electron chi connectivity index (χ3n) is 7.03. The van der Waals surface area contributed by atoms with Crippen LogP contribution in [0.15, 0.2) is 30.3 Å². The van der Waals surface area contributed by atoms with Crippen LogP contribution in [0.2, 0.25) is 0 Å². The van der Waals surface area contributed by atoms with Crippen molar-refractivity contribution >= 4 is 5.91 Å². The minimum atomic E-state index is -0.0953. The van der Waals surface area contributed by atoms with Crippen molar-refractivity contribution < 1.29 is 4.79 Å². The molecule has 4 fully saturated rings. The molecule has 0 aromatic heterocycles. The van der Waals surface area contributed by atoms with Gasteiger partial charge in [-0.25, -0.2) is 0 Å². The first-order valence-electron chi connectivity index (χ1n) is 9.92. The van der Waals surface area contributed by atoms with Gasteiger partial charge in [-0.1, -0.05) is 43.7 Å². The van der Waals surface area contributed by atoms with Gasteiger partial charge in [0.2, 0.25) is 5.91 Å². The summed E-state index contributed by atoms with van der Waals surface area (Å²) in [7, 11) is 0. The Kier molecular flexibility index (Phi) is 3.97. The smallest absolute Gasteiger partial charge is 0.226 e. The monoisotopic (exact) mass is 325 g/mol. The number of hydrogen-bond acceptors (Lipinski definition) is 1. The molecule has 5 atom stereocenters. The first-order chi connectivity index (χ1) is 11.6. The molecule has 0 radical (unpaired) electrons. The fourth-order valence-electron chi connectivity index (χ4n) is 6.54. The van der Waals surface area contributed by atoms with E-state index in [2.05, 4.69) is 49.5 Å². The minimum Gasteiger partial charge on any atom is -0.353 e. The van der Waals surface area contributed by atoms with Crippen molar-refractivity contribution in [2.75, 3.05) is 0 Å². The van der Waals surface area contributed by atoms with Gasteiger partial charge in [0.25, 0.3) is 0 Å². The molecule has 130 valence electrons. The van der Waals surface area contributed by atoms with Crippen molar-refractivity contribution in [3.8, 4) is 0 Å². The molecule has 1 N–H and O–H groups in total. The fourth-order valence-corrected chi connectivity index (χ4v) is 6.54. The number of hydrogen-bond donors (Lipinski definition) is 1. The second kappa shape index (κ2) is 5.89. The average molecular weight is 325 g/mol. The van der Waals surface area contributed by atoms with Gasteiger partial charge in [0.05, 0.1) is 5.41 Å². The molecule has 1 aromatic carbocycles. The van der Waals surface area contributed by atoms with Crippen molar-refractivity contribution in [2.24, 2.45) is 17.3 Å². The molecule has 0 heterocycles. The third-order valence-corrected chi connectivity index (χ3v) is 7.03. The van der Waals surface area contributed by atoms with E-state index < -0.39 is 0 Å². The summed E-state index contributed by atoms with van der Waals surface area (Å²) in [6.07, 6.45) is 9.49. The summed E-state index contributed by atoms with van der Waals surface area (Å²) >= 11 is 0. The Morgan fingerprint density at radius 3 is 2.46 bits per heavy atom. The lowest BCUT2D eigenvalue weighted by molar-refractivity contribution is -0.149. The molecule has 24 heavy (non-hydrogen) atoms. The Balaban J connectivity index is 1.62. The van der Waals surface area contributed by atoms with Gasteiger partial charge in [-0.3, -0.25) is 4.79 Å². The summed E-state index contributed by atoms with van der Waals surface area (Å²) in [5, 5.41) is 3.37. The van der Waals surface area contributed by atoms with E-state index in [1.54, 1.807) is 0 Å². The van der Waals surface area contributed by atoms with Crippen molar-refractivity contribution in [2.45, 2.75) is 76.7 Å². The van der Waals surface area contributed by atoms with Crippen LogP contribution in [-0.2, 0) is 10.2 Å². The van der Waals surface area contributed by atoms with E-state index in [1.165, 1.54) is 24.8 Å². The van der Waals surface area contributed by atoms with Gasteiger partial charge in [-0.05, 0) is 74.7 Å². The highest BCUT2D eigenvalue weighted by Crippen LogP contribution is 2.65. The lowest BCUT2D eigenvalue weighted by Gasteiger charge is -2.61. The van der Waals surface area contributed by atoms with Crippen molar-refractivity contribution in [3.05, 3.63) is 35.9 Å². The molecule has 0 spiro atoms. The van der Waals surface area contributed by atoms with Gasteiger partial charge in [0, 0.05) is 6.04 Å². The van der Waals surface area contributed by atoms with Gasteiger partial charge < -0.3 is 5.32 Å². The maximum Gasteiger partial charge on any atom is 0.226 e. The Hall–Kier alpha value is -1.31. The van der Waals surface area contributed by atoms with Gasteiger partial charge in [-0.2, -0.15) is 0 Å². The van der Waals surface area contributed by atoms with Gasteiger partial charge in [0.1, 0.15) is 0 Å². The summed E-state index contributed by atoms with van der Waals surface area (Å²) in [6, 6.07) is 11.4. The van der Waals surface area contributed by atoms with Crippen molar-refractivity contribution in [3.63, 3.8) is 0 Å². The van der Waals surface area contributed by atoms with Crippen molar-refractivity contribution in [1.29, 1.82) is 0 Å². The molecule has 0 aliphatic heterocycles. The predicted octanol–water partition coefficient (Wildman–Crippen LogP) is 4.83. The van der Waals surface area contributed by atoms with E-state index in [4.69, 9.17) is 0 Å². The van der Waals surface area contributed by atoms with E-state index in [0.29, 0.717) is 11.9 Å². The quantitative estimate of drug-likeness (QED) is 0.825. The lowest BCUT2D eigenvalue weighted by Crippen LogP contribution is -2.59. The van der Waals surface area contributed by atoms with Crippen molar-refractivity contribution in [1.82, 2.24) is 5.32 Å². The maximum atomic E-state index is 13.2. The molecule has 1 aromatic rings. The van der Waals surface area contributed by atoms with E-state index >= 15 is 0 Å². The van der Waals surface area contributed by atoms with Crippen LogP contribution in [0, 0.1) is 17.3 Å². The number of carbonyl (C=O) groups is 1.